The highest BCUT2D eigenvalue weighted by molar-refractivity contribution is 6.34. The number of hydrogen-bond acceptors (Lipinski definition) is 5. The maximum absolute atomic E-state index is 12.5. The smallest absolute Gasteiger partial charge is 0.385 e. The van der Waals surface area contributed by atoms with Crippen molar-refractivity contribution in [3.8, 4) is 5.69 Å². The molecule has 2 atom stereocenters. The zero-order chi connectivity index (χ0) is 22.2. The highest BCUT2D eigenvalue weighted by Crippen LogP contribution is 2.26. The van der Waals surface area contributed by atoms with Crippen LogP contribution in [0.4, 0.5) is 13.2 Å². The number of rotatable bonds is 6. The minimum atomic E-state index is -4.84. The Hall–Kier alpha value is -2.34. The first-order valence-corrected chi connectivity index (χ1v) is 9.32. The number of hydrogen-bond donors (Lipinski definition) is 2. The molecule has 3 aromatic rings. The van der Waals surface area contributed by atoms with E-state index < -0.39 is 30.6 Å². The average molecular weight is 466 g/mol. The summed E-state index contributed by atoms with van der Waals surface area (Å²) in [6.45, 7) is 0.344. The number of halogens is 5. The van der Waals surface area contributed by atoms with Gasteiger partial charge < -0.3 is 10.2 Å². The second kappa shape index (κ2) is 8.42. The van der Waals surface area contributed by atoms with E-state index in [1.54, 1.807) is 12.1 Å². The van der Waals surface area contributed by atoms with Crippen molar-refractivity contribution in [3.63, 3.8) is 0 Å². The molecule has 0 saturated carbocycles. The molecule has 0 aliphatic heterocycles. The number of imidazole rings is 1. The van der Waals surface area contributed by atoms with Crippen LogP contribution in [-0.2, 0) is 13.1 Å². The standard InChI is InChI=1S/C17H16Cl2F3N5O3/c1-9(28)15-23-14(24-27(15)12-6-10(18)2-3-11(12)19)8-26-5-4-25(16(26)30)7-13(29)17(20,21)22/h2-6,9,13,28-29H,7-8H2,1H3/t9-,13-/m0/s1. The van der Waals surface area contributed by atoms with Crippen molar-refractivity contribution in [2.24, 2.45) is 0 Å². The molecule has 0 bridgehead atoms. The molecule has 3 rings (SSSR count). The Labute approximate surface area is 177 Å². The van der Waals surface area contributed by atoms with E-state index in [4.69, 9.17) is 28.3 Å². The third kappa shape index (κ3) is 4.69. The normalized spacial score (nSPS) is 14.1. The number of aliphatic hydroxyl groups excluding tert-OH is 2. The lowest BCUT2D eigenvalue weighted by atomic mass is 10.3. The third-order valence-electron chi connectivity index (χ3n) is 4.16. The first-order valence-electron chi connectivity index (χ1n) is 8.57. The second-order valence-electron chi connectivity index (χ2n) is 6.49. The Kier molecular flexibility index (Phi) is 6.27. The van der Waals surface area contributed by atoms with Gasteiger partial charge in [0.15, 0.2) is 17.8 Å². The van der Waals surface area contributed by atoms with Crippen LogP contribution >= 0.6 is 23.2 Å². The van der Waals surface area contributed by atoms with Gasteiger partial charge in [-0.1, -0.05) is 23.2 Å². The minimum Gasteiger partial charge on any atom is -0.385 e. The minimum absolute atomic E-state index is 0.109. The number of benzene rings is 1. The number of aromatic nitrogens is 5. The fraction of sp³-hybridized carbons (Fsp3) is 0.353. The molecule has 8 nitrogen and oxygen atoms in total. The molecule has 2 aromatic heterocycles. The lowest BCUT2D eigenvalue weighted by molar-refractivity contribution is -0.207. The summed E-state index contributed by atoms with van der Waals surface area (Å²) in [5.41, 5.74) is -0.425. The summed E-state index contributed by atoms with van der Waals surface area (Å²) in [6, 6.07) is 4.64. The number of aliphatic hydroxyl groups is 2. The predicted molar refractivity (Wildman–Crippen MR) is 102 cm³/mol. The number of nitrogens with zero attached hydrogens (tertiary/aromatic N) is 5. The highest BCUT2D eigenvalue weighted by atomic mass is 35.5. The molecule has 0 radical (unpaired) electrons. The molecule has 0 saturated heterocycles. The van der Waals surface area contributed by atoms with Crippen LogP contribution in [0.3, 0.4) is 0 Å². The van der Waals surface area contributed by atoms with Gasteiger partial charge >= 0.3 is 11.9 Å². The van der Waals surface area contributed by atoms with E-state index in [-0.39, 0.29) is 18.2 Å². The van der Waals surface area contributed by atoms with Crippen LogP contribution in [0.5, 0.6) is 0 Å². The summed E-state index contributed by atoms with van der Waals surface area (Å²) in [5, 5.41) is 24.1. The van der Waals surface area contributed by atoms with Crippen LogP contribution in [0.15, 0.2) is 35.4 Å². The predicted octanol–water partition coefficient (Wildman–Crippen LogP) is 2.56. The summed E-state index contributed by atoms with van der Waals surface area (Å²) in [6.07, 6.45) is -6.18. The van der Waals surface area contributed by atoms with Crippen LogP contribution in [0.25, 0.3) is 5.69 Å². The molecule has 0 unspecified atom stereocenters. The van der Waals surface area contributed by atoms with Crippen molar-refractivity contribution < 1.29 is 23.4 Å². The van der Waals surface area contributed by atoms with Crippen LogP contribution in [0, 0.1) is 0 Å². The van der Waals surface area contributed by atoms with Gasteiger partial charge in [0.05, 0.1) is 23.8 Å². The van der Waals surface area contributed by atoms with E-state index in [9.17, 15) is 23.1 Å². The lowest BCUT2D eigenvalue weighted by Gasteiger charge is -2.14. The van der Waals surface area contributed by atoms with Crippen LogP contribution in [0.2, 0.25) is 10.0 Å². The Morgan fingerprint density at radius 1 is 1.17 bits per heavy atom. The molecule has 2 N–H and O–H groups in total. The lowest BCUT2D eigenvalue weighted by Crippen LogP contribution is -2.36. The van der Waals surface area contributed by atoms with Gasteiger partial charge in [-0.05, 0) is 25.1 Å². The first kappa shape index (κ1) is 22.3. The maximum Gasteiger partial charge on any atom is 0.416 e. The van der Waals surface area contributed by atoms with E-state index in [0.717, 1.165) is 15.3 Å². The summed E-state index contributed by atoms with van der Waals surface area (Å²) >= 11 is 12.2. The molecule has 0 aliphatic carbocycles. The van der Waals surface area contributed by atoms with Gasteiger partial charge in [-0.2, -0.15) is 13.2 Å². The first-order chi connectivity index (χ1) is 14.0. The summed E-state index contributed by atoms with van der Waals surface area (Å²) in [4.78, 5) is 16.5. The van der Waals surface area contributed by atoms with Crippen molar-refractivity contribution in [1.82, 2.24) is 23.9 Å². The SMILES string of the molecule is C[C@H](O)c1nc(Cn2ccn(C[C@H](O)C(F)(F)F)c2=O)nn1-c1cc(Cl)ccc1Cl. The molecule has 0 amide bonds. The van der Waals surface area contributed by atoms with E-state index in [1.807, 2.05) is 0 Å². The third-order valence-corrected chi connectivity index (χ3v) is 4.72. The largest absolute Gasteiger partial charge is 0.416 e. The van der Waals surface area contributed by atoms with Crippen molar-refractivity contribution in [3.05, 3.63) is 62.8 Å². The molecule has 1 aromatic carbocycles. The molecule has 162 valence electrons. The van der Waals surface area contributed by atoms with Crippen molar-refractivity contribution >= 4 is 23.2 Å². The summed E-state index contributed by atoms with van der Waals surface area (Å²) < 4.78 is 40.7. The molecule has 13 heteroatoms. The van der Waals surface area contributed by atoms with Crippen molar-refractivity contribution in [2.75, 3.05) is 0 Å². The Morgan fingerprint density at radius 2 is 1.83 bits per heavy atom. The summed E-state index contributed by atoms with van der Waals surface area (Å²) in [5.74, 6) is 0.243. The fourth-order valence-corrected chi connectivity index (χ4v) is 3.05. The summed E-state index contributed by atoms with van der Waals surface area (Å²) in [7, 11) is 0. The number of alkyl halides is 3. The quantitative estimate of drug-likeness (QED) is 0.582. The molecular weight excluding hydrogens is 450 g/mol. The van der Waals surface area contributed by atoms with Gasteiger partial charge in [0, 0.05) is 17.4 Å². The van der Waals surface area contributed by atoms with E-state index in [2.05, 4.69) is 10.1 Å². The second-order valence-corrected chi connectivity index (χ2v) is 7.33. The zero-order valence-corrected chi connectivity index (χ0v) is 16.9. The van der Waals surface area contributed by atoms with Gasteiger partial charge in [0.25, 0.3) is 0 Å². The van der Waals surface area contributed by atoms with Crippen LogP contribution in [0.1, 0.15) is 24.7 Å². The molecular formula is C17H16Cl2F3N5O3. The van der Waals surface area contributed by atoms with Crippen LogP contribution in [-0.4, -0.2) is 46.4 Å². The Morgan fingerprint density at radius 3 is 2.47 bits per heavy atom. The van der Waals surface area contributed by atoms with E-state index >= 15 is 0 Å². The molecule has 0 aliphatic rings. The monoisotopic (exact) mass is 465 g/mol. The van der Waals surface area contributed by atoms with Crippen molar-refractivity contribution in [1.29, 1.82) is 0 Å². The van der Waals surface area contributed by atoms with Gasteiger partial charge in [0.2, 0.25) is 0 Å². The molecule has 0 spiro atoms. The topological polar surface area (TPSA) is 98.1 Å². The van der Waals surface area contributed by atoms with Gasteiger partial charge in [-0.15, -0.1) is 5.10 Å². The highest BCUT2D eigenvalue weighted by Gasteiger charge is 2.38. The average Bonchev–Trinajstić information content (AvgIpc) is 3.22. The van der Waals surface area contributed by atoms with Crippen LogP contribution < -0.4 is 5.69 Å². The molecule has 0 fully saturated rings. The van der Waals surface area contributed by atoms with Crippen molar-refractivity contribution in [2.45, 2.75) is 38.4 Å². The Balaban J connectivity index is 1.92. The molecule has 30 heavy (non-hydrogen) atoms. The van der Waals surface area contributed by atoms with Gasteiger partial charge in [-0.25, -0.2) is 14.5 Å². The Bertz CT molecular complexity index is 1110. The van der Waals surface area contributed by atoms with Gasteiger partial charge in [-0.3, -0.25) is 9.13 Å². The van der Waals surface area contributed by atoms with E-state index in [0.29, 0.717) is 15.7 Å². The maximum atomic E-state index is 12.5. The molecule has 2 heterocycles. The fourth-order valence-electron chi connectivity index (χ4n) is 2.69. The van der Waals surface area contributed by atoms with Gasteiger partial charge in [0.1, 0.15) is 6.10 Å². The zero-order valence-electron chi connectivity index (χ0n) is 15.4. The van der Waals surface area contributed by atoms with E-state index in [1.165, 1.54) is 23.9 Å².